The smallest absolute Gasteiger partial charge is 0.295 e. The lowest BCUT2D eigenvalue weighted by atomic mass is 10.1. The summed E-state index contributed by atoms with van der Waals surface area (Å²) in [4.78, 5) is 27.0. The Bertz CT molecular complexity index is 584. The summed E-state index contributed by atoms with van der Waals surface area (Å²) in [7, 11) is 0. The summed E-state index contributed by atoms with van der Waals surface area (Å²) < 4.78 is 0. The maximum atomic E-state index is 11.8. The fraction of sp³-hybridized carbons (Fsp3) is 0.474. The van der Waals surface area contributed by atoms with Crippen molar-refractivity contribution in [2.24, 2.45) is 0 Å². The molecule has 5 nitrogen and oxygen atoms in total. The molecule has 0 spiro atoms. The molecule has 1 aromatic carbocycles. The van der Waals surface area contributed by atoms with Gasteiger partial charge in [0.15, 0.2) is 0 Å². The number of allylic oxidation sites excluding steroid dienone is 1. The van der Waals surface area contributed by atoms with Crippen molar-refractivity contribution in [1.82, 2.24) is 10.2 Å². The van der Waals surface area contributed by atoms with Crippen LogP contribution in [0.5, 0.6) is 0 Å². The second-order valence-corrected chi connectivity index (χ2v) is 5.42. The highest BCUT2D eigenvalue weighted by Gasteiger charge is 2.25. The third kappa shape index (κ3) is 4.93. The predicted octanol–water partition coefficient (Wildman–Crippen LogP) is 3.69. The van der Waals surface area contributed by atoms with E-state index >= 15 is 0 Å². The normalized spacial score (nSPS) is 16.2. The molecule has 0 atom stereocenters. The van der Waals surface area contributed by atoms with E-state index in [0.717, 1.165) is 25.3 Å². The Balaban J connectivity index is 0.000000521. The fourth-order valence-electron chi connectivity index (χ4n) is 2.65. The van der Waals surface area contributed by atoms with Gasteiger partial charge in [-0.15, -0.1) is 6.58 Å². The van der Waals surface area contributed by atoms with Gasteiger partial charge >= 0.3 is 6.03 Å². The van der Waals surface area contributed by atoms with Crippen LogP contribution in [-0.2, 0) is 17.9 Å². The molecule has 1 fully saturated rings. The number of nitrogens with one attached hydrogen (secondary N) is 1. The van der Waals surface area contributed by atoms with Crippen LogP contribution in [0.1, 0.15) is 45.2 Å². The van der Waals surface area contributed by atoms with Gasteiger partial charge in [0.2, 0.25) is 5.91 Å². The third-order valence-corrected chi connectivity index (χ3v) is 3.79. The second kappa shape index (κ2) is 9.88. The van der Waals surface area contributed by atoms with Gasteiger partial charge in [0.1, 0.15) is 0 Å². The molecule has 5 heteroatoms. The first-order valence-corrected chi connectivity index (χ1v) is 8.61. The first kappa shape index (κ1) is 19.9. The van der Waals surface area contributed by atoms with Crippen molar-refractivity contribution in [1.29, 1.82) is 0 Å². The number of carbonyl (C=O) groups is 2. The van der Waals surface area contributed by atoms with Gasteiger partial charge in [0.25, 0.3) is 0 Å². The summed E-state index contributed by atoms with van der Waals surface area (Å²) in [5, 5.41) is 2.35. The molecular weight excluding hydrogens is 302 g/mol. The molecule has 2 aliphatic heterocycles. The van der Waals surface area contributed by atoms with Crippen molar-refractivity contribution in [3.05, 3.63) is 42.0 Å². The Labute approximate surface area is 145 Å². The van der Waals surface area contributed by atoms with Gasteiger partial charge in [-0.1, -0.05) is 32.9 Å². The molecule has 1 saturated heterocycles. The number of carbonyl (C=O) groups excluding carboxylic acids is 2. The molecule has 3 rings (SSSR count). The molecule has 2 heterocycles. The van der Waals surface area contributed by atoms with Crippen molar-refractivity contribution < 1.29 is 9.59 Å². The van der Waals surface area contributed by atoms with Crippen LogP contribution in [0.4, 0.5) is 10.5 Å². The number of benzene rings is 1. The Morgan fingerprint density at radius 2 is 1.83 bits per heavy atom. The zero-order chi connectivity index (χ0) is 18.1. The van der Waals surface area contributed by atoms with E-state index in [0.29, 0.717) is 13.0 Å². The van der Waals surface area contributed by atoms with E-state index in [9.17, 15) is 9.59 Å². The molecule has 0 bridgehead atoms. The Morgan fingerprint density at radius 1 is 1.21 bits per heavy atom. The molecular formula is C19H29N3O2. The molecule has 0 radical (unpaired) electrons. The summed E-state index contributed by atoms with van der Waals surface area (Å²) in [6, 6.07) is 5.80. The second-order valence-electron chi connectivity index (χ2n) is 5.42. The lowest BCUT2D eigenvalue weighted by molar-refractivity contribution is -0.120. The number of rotatable bonds is 2. The molecule has 1 N–H and O–H groups in total. The van der Waals surface area contributed by atoms with E-state index in [-0.39, 0.29) is 11.9 Å². The van der Waals surface area contributed by atoms with Gasteiger partial charge in [-0.05, 0) is 36.7 Å². The van der Waals surface area contributed by atoms with Gasteiger partial charge in [-0.25, -0.2) is 4.79 Å². The van der Waals surface area contributed by atoms with E-state index in [2.05, 4.69) is 35.9 Å². The molecule has 0 aliphatic carbocycles. The zero-order valence-corrected chi connectivity index (χ0v) is 15.3. The number of imide groups is 1. The van der Waals surface area contributed by atoms with Crippen molar-refractivity contribution in [3.63, 3.8) is 0 Å². The van der Waals surface area contributed by atoms with Crippen molar-refractivity contribution >= 4 is 17.6 Å². The highest BCUT2D eigenvalue weighted by molar-refractivity contribution is 6.05. The van der Waals surface area contributed by atoms with Crippen LogP contribution in [0.15, 0.2) is 30.9 Å². The number of anilines is 1. The Morgan fingerprint density at radius 3 is 2.42 bits per heavy atom. The number of hydrogen-bond donors (Lipinski definition) is 1. The Hall–Kier alpha value is -2.14. The summed E-state index contributed by atoms with van der Waals surface area (Å²) in [6.07, 6.45) is 2.11. The Kier molecular flexibility index (Phi) is 8.19. The molecule has 1 aromatic rings. The van der Waals surface area contributed by atoms with E-state index in [1.807, 2.05) is 26.8 Å². The van der Waals surface area contributed by atoms with Gasteiger partial charge in [-0.3, -0.25) is 19.9 Å². The van der Waals surface area contributed by atoms with Crippen molar-refractivity contribution in [2.45, 2.75) is 47.2 Å². The van der Waals surface area contributed by atoms with Crippen LogP contribution < -0.4 is 10.2 Å². The maximum absolute atomic E-state index is 11.8. The first-order valence-electron chi connectivity index (χ1n) is 8.61. The average Bonchev–Trinajstić information content (AvgIpc) is 3.00. The standard InChI is InChI=1S/C14H17N3O2.C3H6.C2H6/c1-2-16-8-10-3-4-12(7-11(10)9-16)17-6-5-13(18)15-14(17)19;1-3-2;1-2/h3-4,7H,2,5-6,8-9H2,1H3,(H,15,18,19);3H,1H2,2H3;1-2H3. The SMILES string of the molecule is C=CC.CC.CCN1Cc2ccc(N3CCC(=O)NC3=O)cc2C1. The number of fused-ring (bicyclic) bond motifs is 1. The minimum Gasteiger partial charge on any atom is -0.295 e. The summed E-state index contributed by atoms with van der Waals surface area (Å²) >= 11 is 0. The van der Waals surface area contributed by atoms with E-state index < -0.39 is 0 Å². The summed E-state index contributed by atoms with van der Waals surface area (Å²) in [6.45, 7) is 14.8. The lowest BCUT2D eigenvalue weighted by Gasteiger charge is -2.26. The topological polar surface area (TPSA) is 52.6 Å². The fourth-order valence-corrected chi connectivity index (χ4v) is 2.65. The van der Waals surface area contributed by atoms with Crippen LogP contribution in [0.25, 0.3) is 0 Å². The van der Waals surface area contributed by atoms with Crippen molar-refractivity contribution in [3.8, 4) is 0 Å². The number of hydrogen-bond acceptors (Lipinski definition) is 3. The molecule has 0 unspecified atom stereocenters. The largest absolute Gasteiger partial charge is 0.328 e. The molecule has 132 valence electrons. The van der Waals surface area contributed by atoms with E-state index in [1.54, 1.807) is 11.0 Å². The minimum absolute atomic E-state index is 0.195. The zero-order valence-electron chi connectivity index (χ0n) is 15.3. The number of urea groups is 1. The molecule has 0 saturated carbocycles. The van der Waals surface area contributed by atoms with Gasteiger partial charge in [0, 0.05) is 31.7 Å². The predicted molar refractivity (Wildman–Crippen MR) is 99.0 cm³/mol. The highest BCUT2D eigenvalue weighted by Crippen LogP contribution is 2.27. The van der Waals surface area contributed by atoms with Gasteiger partial charge < -0.3 is 0 Å². The molecule has 3 amide bonds. The maximum Gasteiger partial charge on any atom is 0.328 e. The summed E-state index contributed by atoms with van der Waals surface area (Å²) in [5.41, 5.74) is 3.49. The number of amides is 3. The van der Waals surface area contributed by atoms with Crippen molar-refractivity contribution in [2.75, 3.05) is 18.0 Å². The summed E-state index contributed by atoms with van der Waals surface area (Å²) in [5.74, 6) is -0.195. The average molecular weight is 331 g/mol. The minimum atomic E-state index is -0.318. The van der Waals surface area contributed by atoms with Crippen LogP contribution >= 0.6 is 0 Å². The molecule has 2 aliphatic rings. The lowest BCUT2D eigenvalue weighted by Crippen LogP contribution is -2.49. The van der Waals surface area contributed by atoms with Crippen LogP contribution in [0.2, 0.25) is 0 Å². The number of nitrogens with zero attached hydrogens (tertiary/aromatic N) is 2. The van der Waals surface area contributed by atoms with Gasteiger partial charge in [0.05, 0.1) is 0 Å². The van der Waals surface area contributed by atoms with Crippen LogP contribution in [0, 0.1) is 0 Å². The molecule has 0 aromatic heterocycles. The van der Waals surface area contributed by atoms with E-state index in [4.69, 9.17) is 0 Å². The van der Waals surface area contributed by atoms with Gasteiger partial charge in [-0.2, -0.15) is 0 Å². The van der Waals surface area contributed by atoms with Crippen LogP contribution in [-0.4, -0.2) is 29.9 Å². The first-order chi connectivity index (χ1) is 11.6. The third-order valence-electron chi connectivity index (χ3n) is 3.79. The highest BCUT2D eigenvalue weighted by atomic mass is 16.2. The van der Waals surface area contributed by atoms with E-state index in [1.165, 1.54) is 11.1 Å². The van der Waals surface area contributed by atoms with Crippen LogP contribution in [0.3, 0.4) is 0 Å². The molecule has 24 heavy (non-hydrogen) atoms. The monoisotopic (exact) mass is 331 g/mol. The quantitative estimate of drug-likeness (QED) is 0.841.